The predicted molar refractivity (Wildman–Crippen MR) is 133 cm³/mol. The lowest BCUT2D eigenvalue weighted by atomic mass is 9.97. The van der Waals surface area contributed by atoms with Crippen LogP contribution >= 0.6 is 22.7 Å². The second-order valence-electron chi connectivity index (χ2n) is 7.54. The molecule has 170 valence electrons. The Kier molecular flexibility index (Phi) is 6.00. The van der Waals surface area contributed by atoms with Crippen molar-refractivity contribution < 1.29 is 14.6 Å². The molecule has 3 heterocycles. The molecule has 0 fully saturated rings. The molecular formula is C26H20N2O4S2. The Balaban J connectivity index is 1.82. The van der Waals surface area contributed by atoms with Crippen LogP contribution in [0.5, 0.6) is 5.75 Å². The molecule has 2 aromatic carbocycles. The lowest BCUT2D eigenvalue weighted by Crippen LogP contribution is -2.39. The number of ether oxygens (including phenoxy) is 1. The second-order valence-corrected chi connectivity index (χ2v) is 9.53. The van der Waals surface area contributed by atoms with Gasteiger partial charge in [-0.15, -0.1) is 11.3 Å². The largest absolute Gasteiger partial charge is 0.508 e. The zero-order valence-electron chi connectivity index (χ0n) is 18.2. The van der Waals surface area contributed by atoms with E-state index in [2.05, 4.69) is 0 Å². The minimum atomic E-state index is -0.656. The molecule has 0 aliphatic carbocycles. The normalized spacial score (nSPS) is 15.7. The molecule has 0 saturated carbocycles. The maximum atomic E-state index is 13.6. The fourth-order valence-corrected chi connectivity index (χ4v) is 5.75. The van der Waals surface area contributed by atoms with Gasteiger partial charge in [-0.05, 0) is 42.1 Å². The van der Waals surface area contributed by atoms with Crippen molar-refractivity contribution in [1.29, 1.82) is 0 Å². The first kappa shape index (κ1) is 22.1. The zero-order chi connectivity index (χ0) is 23.7. The number of rotatable bonds is 5. The lowest BCUT2D eigenvalue weighted by molar-refractivity contribution is -0.138. The highest BCUT2D eigenvalue weighted by molar-refractivity contribution is 7.10. The van der Waals surface area contributed by atoms with Crippen LogP contribution in [-0.2, 0) is 9.53 Å². The standard InChI is InChI=1S/C26H20N2O4S2/c1-2-32-25(31)21-22(17-9-4-3-5-10-17)27-26-28(23(21)19-12-7-13-33-19)24(30)20(34-26)15-16-8-6-11-18(29)14-16/h3-15,23,29H,2H2,1H3/b20-15-/t23-/m1/s1. The third-order valence-corrected chi connectivity index (χ3v) is 7.26. The number of carbonyl (C=O) groups excluding carboxylic acids is 1. The molecule has 0 unspecified atom stereocenters. The Morgan fingerprint density at radius 2 is 1.97 bits per heavy atom. The van der Waals surface area contributed by atoms with Gasteiger partial charge in [0.25, 0.3) is 5.56 Å². The van der Waals surface area contributed by atoms with Crippen molar-refractivity contribution in [3.8, 4) is 5.75 Å². The minimum absolute atomic E-state index is 0.119. The van der Waals surface area contributed by atoms with Crippen molar-refractivity contribution in [2.24, 2.45) is 4.99 Å². The molecule has 34 heavy (non-hydrogen) atoms. The number of esters is 1. The first-order chi connectivity index (χ1) is 16.6. The van der Waals surface area contributed by atoms with Crippen LogP contribution in [0.3, 0.4) is 0 Å². The van der Waals surface area contributed by atoms with Crippen LogP contribution in [0.15, 0.2) is 87.5 Å². The Bertz CT molecular complexity index is 1560. The lowest BCUT2D eigenvalue weighted by Gasteiger charge is -2.24. The number of benzene rings is 2. The highest BCUT2D eigenvalue weighted by atomic mass is 32.1. The van der Waals surface area contributed by atoms with Gasteiger partial charge < -0.3 is 9.84 Å². The molecule has 6 nitrogen and oxygen atoms in total. The molecule has 0 spiro atoms. The third-order valence-electron chi connectivity index (χ3n) is 5.35. The van der Waals surface area contributed by atoms with E-state index in [-0.39, 0.29) is 17.9 Å². The van der Waals surface area contributed by atoms with Gasteiger partial charge in [0.05, 0.1) is 22.4 Å². The van der Waals surface area contributed by atoms with E-state index in [0.29, 0.717) is 26.2 Å². The summed E-state index contributed by atoms with van der Waals surface area (Å²) in [5.74, 6) is -0.375. The number of phenolic OH excluding ortho intramolecular Hbond substituents is 1. The molecule has 1 atom stereocenters. The number of aromatic nitrogens is 1. The van der Waals surface area contributed by atoms with E-state index in [1.165, 1.54) is 22.7 Å². The van der Waals surface area contributed by atoms with Crippen molar-refractivity contribution in [2.45, 2.75) is 13.0 Å². The molecule has 0 bridgehead atoms. The van der Waals surface area contributed by atoms with Crippen molar-refractivity contribution >= 4 is 40.4 Å². The number of nitrogens with zero attached hydrogens (tertiary/aromatic N) is 2. The van der Waals surface area contributed by atoms with Gasteiger partial charge in [-0.2, -0.15) is 0 Å². The smallest absolute Gasteiger partial charge is 0.338 e. The summed E-state index contributed by atoms with van der Waals surface area (Å²) in [4.78, 5) is 33.0. The predicted octanol–water partition coefficient (Wildman–Crippen LogP) is 3.70. The summed E-state index contributed by atoms with van der Waals surface area (Å²) < 4.78 is 7.47. The third kappa shape index (κ3) is 4.02. The van der Waals surface area contributed by atoms with Crippen molar-refractivity contribution in [3.63, 3.8) is 0 Å². The van der Waals surface area contributed by atoms with E-state index in [0.717, 1.165) is 10.4 Å². The summed E-state index contributed by atoms with van der Waals surface area (Å²) in [6, 6.07) is 19.3. The molecule has 5 rings (SSSR count). The highest BCUT2D eigenvalue weighted by Gasteiger charge is 2.35. The molecule has 0 saturated heterocycles. The van der Waals surface area contributed by atoms with Gasteiger partial charge in [0.2, 0.25) is 0 Å². The Morgan fingerprint density at radius 1 is 1.15 bits per heavy atom. The average molecular weight is 489 g/mol. The summed E-state index contributed by atoms with van der Waals surface area (Å²) in [5.41, 5.74) is 2.07. The molecule has 8 heteroatoms. The van der Waals surface area contributed by atoms with E-state index in [1.807, 2.05) is 53.9 Å². The Hall–Kier alpha value is -3.75. The van der Waals surface area contributed by atoms with Gasteiger partial charge in [-0.1, -0.05) is 59.9 Å². The molecule has 0 radical (unpaired) electrons. The van der Waals surface area contributed by atoms with E-state index in [9.17, 15) is 14.7 Å². The summed E-state index contributed by atoms with van der Waals surface area (Å²) in [6.07, 6.45) is 1.73. The number of aromatic hydroxyl groups is 1. The van der Waals surface area contributed by atoms with E-state index in [1.54, 1.807) is 35.8 Å². The van der Waals surface area contributed by atoms with Gasteiger partial charge in [0.1, 0.15) is 11.8 Å². The average Bonchev–Trinajstić information content (AvgIpc) is 3.47. The number of carbonyl (C=O) groups is 1. The zero-order valence-corrected chi connectivity index (χ0v) is 19.8. The van der Waals surface area contributed by atoms with Crippen molar-refractivity contribution in [2.75, 3.05) is 6.61 Å². The fraction of sp³-hybridized carbons (Fsp3) is 0.115. The number of fused-ring (bicyclic) bond motifs is 1. The molecule has 0 amide bonds. The summed E-state index contributed by atoms with van der Waals surface area (Å²) in [6.45, 7) is 1.97. The second kappa shape index (κ2) is 9.24. The number of hydrogen-bond acceptors (Lipinski definition) is 7. The molecule has 2 aromatic heterocycles. The van der Waals surface area contributed by atoms with E-state index >= 15 is 0 Å². The molecular weight excluding hydrogens is 468 g/mol. The van der Waals surface area contributed by atoms with Crippen molar-refractivity contribution in [1.82, 2.24) is 4.57 Å². The summed E-state index contributed by atoms with van der Waals surface area (Å²) in [5, 5.41) is 11.7. The minimum Gasteiger partial charge on any atom is -0.508 e. The number of thiazole rings is 1. The Labute approximate surface area is 203 Å². The molecule has 4 aromatic rings. The fourth-order valence-electron chi connectivity index (χ4n) is 3.92. The first-order valence-electron chi connectivity index (χ1n) is 10.7. The maximum absolute atomic E-state index is 13.6. The van der Waals surface area contributed by atoms with Gasteiger partial charge >= 0.3 is 5.97 Å². The molecule has 1 N–H and O–H groups in total. The highest BCUT2D eigenvalue weighted by Crippen LogP contribution is 2.36. The van der Waals surface area contributed by atoms with Crippen LogP contribution in [-0.4, -0.2) is 22.2 Å². The Morgan fingerprint density at radius 3 is 2.68 bits per heavy atom. The van der Waals surface area contributed by atoms with Gasteiger partial charge in [-0.25, -0.2) is 9.79 Å². The maximum Gasteiger partial charge on any atom is 0.338 e. The summed E-state index contributed by atoms with van der Waals surface area (Å²) >= 11 is 2.73. The monoisotopic (exact) mass is 488 g/mol. The summed E-state index contributed by atoms with van der Waals surface area (Å²) in [7, 11) is 0. The van der Waals surface area contributed by atoms with Crippen LogP contribution in [0.25, 0.3) is 11.8 Å². The van der Waals surface area contributed by atoms with Gasteiger partial charge in [0, 0.05) is 10.4 Å². The van der Waals surface area contributed by atoms with Crippen LogP contribution < -0.4 is 14.9 Å². The van der Waals surface area contributed by atoms with Gasteiger partial charge in [0.15, 0.2) is 4.80 Å². The van der Waals surface area contributed by atoms with Crippen LogP contribution in [0.4, 0.5) is 0 Å². The molecule has 1 aliphatic heterocycles. The number of hydrogen-bond donors (Lipinski definition) is 1. The van der Waals surface area contributed by atoms with E-state index < -0.39 is 12.0 Å². The topological polar surface area (TPSA) is 80.9 Å². The quantitative estimate of drug-likeness (QED) is 0.435. The van der Waals surface area contributed by atoms with Gasteiger partial charge in [-0.3, -0.25) is 9.36 Å². The number of thiophene rings is 1. The molecule has 1 aliphatic rings. The van der Waals surface area contributed by atoms with E-state index in [4.69, 9.17) is 9.73 Å². The van der Waals surface area contributed by atoms with Crippen molar-refractivity contribution in [3.05, 3.63) is 113 Å². The van der Waals surface area contributed by atoms with Crippen LogP contribution in [0.2, 0.25) is 0 Å². The van der Waals surface area contributed by atoms with Crippen LogP contribution in [0.1, 0.15) is 29.0 Å². The van der Waals surface area contributed by atoms with Crippen LogP contribution in [0, 0.1) is 0 Å². The number of phenols is 1. The SMILES string of the molecule is CCOC(=O)C1=C(c2ccccc2)N=c2s/c(=C\c3cccc(O)c3)c(=O)n2[C@@H]1c1cccs1. The first-order valence-corrected chi connectivity index (χ1v) is 12.4.